The van der Waals surface area contributed by atoms with Crippen LogP contribution in [-0.4, -0.2) is 55.1 Å². The van der Waals surface area contributed by atoms with Crippen molar-refractivity contribution in [3.63, 3.8) is 0 Å². The predicted octanol–water partition coefficient (Wildman–Crippen LogP) is 5.22. The summed E-state index contributed by atoms with van der Waals surface area (Å²) in [6.45, 7) is 1.06. The molecule has 2 amide bonds. The first-order valence-electron chi connectivity index (χ1n) is 11.5. The number of carbonyl (C=O) groups excluding carboxylic acids is 1. The van der Waals surface area contributed by atoms with E-state index in [4.69, 9.17) is 0 Å². The molecule has 0 bridgehead atoms. The molecule has 9 heteroatoms. The highest BCUT2D eigenvalue weighted by atomic mass is 19.3. The lowest BCUT2D eigenvalue weighted by atomic mass is 10.0. The number of pyridine rings is 1. The summed E-state index contributed by atoms with van der Waals surface area (Å²) < 4.78 is 42.9. The summed E-state index contributed by atoms with van der Waals surface area (Å²) in [6, 6.07) is 15.3. The van der Waals surface area contributed by atoms with Crippen LogP contribution in [0.25, 0.3) is 11.1 Å². The molecule has 1 N–H and O–H groups in total. The Kier molecular flexibility index (Phi) is 6.00. The van der Waals surface area contributed by atoms with E-state index in [2.05, 4.69) is 15.2 Å². The van der Waals surface area contributed by atoms with Crippen LogP contribution in [0, 0.1) is 5.82 Å². The van der Waals surface area contributed by atoms with E-state index in [-0.39, 0.29) is 30.0 Å². The molecule has 1 saturated heterocycles. The molecule has 2 aliphatic heterocycles. The number of para-hydroxylation sites is 1. The third kappa shape index (κ3) is 4.62. The number of hydrogen-bond donors (Lipinski definition) is 1. The van der Waals surface area contributed by atoms with Crippen molar-refractivity contribution in [2.75, 3.05) is 48.3 Å². The first-order valence-corrected chi connectivity index (χ1v) is 11.5. The number of anilines is 3. The van der Waals surface area contributed by atoms with Gasteiger partial charge in [-0.25, -0.2) is 22.9 Å². The van der Waals surface area contributed by atoms with E-state index in [9.17, 15) is 18.0 Å². The summed E-state index contributed by atoms with van der Waals surface area (Å²) in [5.41, 5.74) is 2.94. The fourth-order valence-corrected chi connectivity index (χ4v) is 4.69. The van der Waals surface area contributed by atoms with Crippen molar-refractivity contribution in [1.29, 1.82) is 0 Å². The van der Waals surface area contributed by atoms with Crippen LogP contribution in [0.4, 0.5) is 35.2 Å². The maximum Gasteiger partial charge on any atom is 0.322 e. The zero-order chi connectivity index (χ0) is 24.6. The zero-order valence-corrected chi connectivity index (χ0v) is 19.3. The molecule has 0 unspecified atom stereocenters. The average Bonchev–Trinajstić information content (AvgIpc) is 3.12. The van der Waals surface area contributed by atoms with Crippen LogP contribution in [0.1, 0.15) is 12.0 Å². The molecule has 0 aliphatic carbocycles. The van der Waals surface area contributed by atoms with Gasteiger partial charge in [0, 0.05) is 62.7 Å². The lowest BCUT2D eigenvalue weighted by molar-refractivity contribution is 0.0257. The van der Waals surface area contributed by atoms with Gasteiger partial charge in [0.05, 0.1) is 12.2 Å². The van der Waals surface area contributed by atoms with E-state index in [0.717, 1.165) is 11.3 Å². The Bertz CT molecular complexity index is 1250. The van der Waals surface area contributed by atoms with Gasteiger partial charge in [-0.2, -0.15) is 0 Å². The van der Waals surface area contributed by atoms with Crippen LogP contribution in [0.2, 0.25) is 0 Å². The molecule has 2 aromatic carbocycles. The second kappa shape index (κ2) is 9.13. The number of carbonyl (C=O) groups is 1. The largest absolute Gasteiger partial charge is 0.373 e. The Morgan fingerprint density at radius 1 is 1.00 bits per heavy atom. The summed E-state index contributed by atoms with van der Waals surface area (Å²) >= 11 is 0. The number of urea groups is 1. The number of hydrogen-bond acceptors (Lipinski definition) is 4. The number of rotatable bonds is 3. The zero-order valence-electron chi connectivity index (χ0n) is 19.3. The number of nitrogens with one attached hydrogen (secondary N) is 1. The predicted molar refractivity (Wildman–Crippen MR) is 131 cm³/mol. The number of fused-ring (bicyclic) bond motifs is 1. The molecule has 2 aliphatic rings. The molecule has 1 fully saturated rings. The molecule has 3 aromatic rings. The lowest BCUT2D eigenvalue weighted by Gasteiger charge is -2.26. The van der Waals surface area contributed by atoms with Crippen molar-refractivity contribution >= 4 is 23.2 Å². The highest BCUT2D eigenvalue weighted by Crippen LogP contribution is 2.39. The number of likely N-dealkylation sites (N-methyl/N-ethyl adjacent to an activating group) is 1. The van der Waals surface area contributed by atoms with Gasteiger partial charge < -0.3 is 20.0 Å². The Balaban J connectivity index is 1.52. The van der Waals surface area contributed by atoms with Crippen molar-refractivity contribution in [3.8, 4) is 11.1 Å². The van der Waals surface area contributed by atoms with Crippen LogP contribution < -0.4 is 15.1 Å². The van der Waals surface area contributed by atoms with Gasteiger partial charge >= 0.3 is 6.03 Å². The second-order valence-corrected chi connectivity index (χ2v) is 8.97. The van der Waals surface area contributed by atoms with Crippen LogP contribution in [0.15, 0.2) is 60.8 Å². The summed E-state index contributed by atoms with van der Waals surface area (Å²) in [5.74, 6) is -3.11. The smallest absolute Gasteiger partial charge is 0.322 e. The molecule has 1 aromatic heterocycles. The first kappa shape index (κ1) is 23.0. The fourth-order valence-electron chi connectivity index (χ4n) is 4.69. The number of benzene rings is 2. The van der Waals surface area contributed by atoms with Crippen molar-refractivity contribution in [2.24, 2.45) is 0 Å². The van der Waals surface area contributed by atoms with Crippen LogP contribution in [-0.2, 0) is 6.54 Å². The lowest BCUT2D eigenvalue weighted by Crippen LogP contribution is -2.38. The third-order valence-electron chi connectivity index (χ3n) is 6.55. The van der Waals surface area contributed by atoms with E-state index in [1.165, 1.54) is 17.2 Å². The maximum atomic E-state index is 14.8. The molecule has 0 atom stereocenters. The molecule has 0 spiro atoms. The quantitative estimate of drug-likeness (QED) is 0.558. The normalized spacial score (nSPS) is 17.2. The highest BCUT2D eigenvalue weighted by molar-refractivity contribution is 5.99. The summed E-state index contributed by atoms with van der Waals surface area (Å²) in [6.07, 6.45) is 1.15. The minimum Gasteiger partial charge on any atom is -0.373 e. The van der Waals surface area contributed by atoms with Crippen LogP contribution in [0.3, 0.4) is 0 Å². The molecule has 0 radical (unpaired) electrons. The number of amides is 2. The van der Waals surface area contributed by atoms with Gasteiger partial charge in [-0.1, -0.05) is 36.4 Å². The Morgan fingerprint density at radius 2 is 1.77 bits per heavy atom. The van der Waals surface area contributed by atoms with Crippen LogP contribution >= 0.6 is 0 Å². The minimum absolute atomic E-state index is 0.0888. The molecule has 0 saturated carbocycles. The van der Waals surface area contributed by atoms with Crippen LogP contribution in [0.5, 0.6) is 0 Å². The van der Waals surface area contributed by atoms with Crippen molar-refractivity contribution < 1.29 is 18.0 Å². The molecule has 5 rings (SSSR count). The van der Waals surface area contributed by atoms with E-state index in [0.29, 0.717) is 25.2 Å². The number of aromatic nitrogens is 1. The molecule has 182 valence electrons. The van der Waals surface area contributed by atoms with Gasteiger partial charge in [0.15, 0.2) is 5.82 Å². The van der Waals surface area contributed by atoms with Gasteiger partial charge in [-0.05, 0) is 23.8 Å². The van der Waals surface area contributed by atoms with Gasteiger partial charge in [0.1, 0.15) is 5.82 Å². The molecule has 3 heterocycles. The van der Waals surface area contributed by atoms with Crippen molar-refractivity contribution in [2.45, 2.75) is 18.9 Å². The number of alkyl halides is 2. The standard InChI is InChI=1S/C26H26F3N5O/c1-32-14-15-33(16-18-6-2-5-9-22(18)32)25(35)31-23-20(19-7-3-4-8-21(19)27)10-12-30-24(23)34-13-11-26(28,29)17-34/h2-10,12H,11,13-17H2,1H3,(H,31,35). The molecular weight excluding hydrogens is 455 g/mol. The van der Waals surface area contributed by atoms with Gasteiger partial charge in [0.25, 0.3) is 5.92 Å². The minimum atomic E-state index is -2.85. The summed E-state index contributed by atoms with van der Waals surface area (Å²) in [5, 5.41) is 2.90. The van der Waals surface area contributed by atoms with E-state index < -0.39 is 24.3 Å². The fraction of sp³-hybridized carbons (Fsp3) is 0.308. The number of nitrogens with zero attached hydrogens (tertiary/aromatic N) is 4. The van der Waals surface area contributed by atoms with Gasteiger partial charge in [-0.15, -0.1) is 0 Å². The monoisotopic (exact) mass is 481 g/mol. The highest BCUT2D eigenvalue weighted by Gasteiger charge is 2.40. The maximum absolute atomic E-state index is 14.8. The molecule has 35 heavy (non-hydrogen) atoms. The van der Waals surface area contributed by atoms with Crippen molar-refractivity contribution in [1.82, 2.24) is 9.88 Å². The Hall–Kier alpha value is -3.75. The van der Waals surface area contributed by atoms with Crippen molar-refractivity contribution in [3.05, 3.63) is 72.2 Å². The third-order valence-corrected chi connectivity index (χ3v) is 6.55. The Labute approximate surface area is 202 Å². The van der Waals surface area contributed by atoms with E-state index >= 15 is 0 Å². The average molecular weight is 482 g/mol. The van der Waals surface area contributed by atoms with E-state index in [1.807, 2.05) is 31.3 Å². The summed E-state index contributed by atoms with van der Waals surface area (Å²) in [7, 11) is 1.98. The Morgan fingerprint density at radius 3 is 2.54 bits per heavy atom. The topological polar surface area (TPSA) is 51.7 Å². The molecule has 6 nitrogen and oxygen atoms in total. The summed E-state index contributed by atoms with van der Waals surface area (Å²) in [4.78, 5) is 23.1. The first-order chi connectivity index (χ1) is 16.8. The SMILES string of the molecule is CN1CCN(C(=O)Nc2c(-c3ccccc3F)ccnc2N2CCC(F)(F)C2)Cc2ccccc21. The van der Waals surface area contributed by atoms with Gasteiger partial charge in [0.2, 0.25) is 0 Å². The van der Waals surface area contributed by atoms with E-state index in [1.54, 1.807) is 29.2 Å². The number of halogens is 3. The van der Waals surface area contributed by atoms with Gasteiger partial charge in [-0.3, -0.25) is 0 Å². The second-order valence-electron chi connectivity index (χ2n) is 8.97. The molecular formula is C26H26F3N5O.